The Kier molecular flexibility index (Phi) is 4.13. The molecule has 0 spiro atoms. The van der Waals surface area contributed by atoms with Gasteiger partial charge in [0.2, 0.25) is 0 Å². The topological polar surface area (TPSA) is 35.5 Å². The van der Waals surface area contributed by atoms with Crippen LogP contribution >= 0.6 is 0 Å². The lowest BCUT2D eigenvalue weighted by molar-refractivity contribution is 0.168. The number of benzene rings is 2. The van der Waals surface area contributed by atoms with Crippen LogP contribution in [0.4, 0.5) is 0 Å². The molecular formula is C18H24N2O. The third-order valence-electron chi connectivity index (χ3n) is 4.79. The minimum atomic E-state index is 0.391. The molecule has 21 heavy (non-hydrogen) atoms. The summed E-state index contributed by atoms with van der Waals surface area (Å²) in [6, 6.07) is 13.2. The summed E-state index contributed by atoms with van der Waals surface area (Å²) in [5, 5.41) is 16.1. The molecule has 1 heterocycles. The second-order valence-electron chi connectivity index (χ2n) is 6.22. The molecule has 0 amide bonds. The van der Waals surface area contributed by atoms with E-state index in [-0.39, 0.29) is 0 Å². The van der Waals surface area contributed by atoms with Gasteiger partial charge in [-0.15, -0.1) is 0 Å². The smallest absolute Gasteiger partial charge is 0.120 e. The fraction of sp³-hybridized carbons (Fsp3) is 0.444. The van der Waals surface area contributed by atoms with Gasteiger partial charge in [0, 0.05) is 24.2 Å². The van der Waals surface area contributed by atoms with Gasteiger partial charge in [-0.3, -0.25) is 0 Å². The molecule has 2 aromatic rings. The van der Waals surface area contributed by atoms with Crippen molar-refractivity contribution in [2.24, 2.45) is 0 Å². The van der Waals surface area contributed by atoms with Crippen molar-refractivity contribution in [3.63, 3.8) is 0 Å². The number of aromatic hydroxyl groups is 1. The summed E-state index contributed by atoms with van der Waals surface area (Å²) in [5.74, 6) is 0.391. The number of fused-ring (bicyclic) bond motifs is 1. The summed E-state index contributed by atoms with van der Waals surface area (Å²) in [6.45, 7) is 4.15. The van der Waals surface area contributed by atoms with Crippen molar-refractivity contribution < 1.29 is 5.11 Å². The molecule has 1 aliphatic rings. The minimum Gasteiger partial charge on any atom is -0.508 e. The van der Waals surface area contributed by atoms with Crippen LogP contribution in [0.3, 0.4) is 0 Å². The first kappa shape index (κ1) is 14.4. The lowest BCUT2D eigenvalue weighted by Gasteiger charge is -2.35. The summed E-state index contributed by atoms with van der Waals surface area (Å²) in [5.41, 5.74) is 1.01. The summed E-state index contributed by atoms with van der Waals surface area (Å²) in [4.78, 5) is 2.41. The molecule has 0 aromatic heterocycles. The number of piperidine rings is 1. The van der Waals surface area contributed by atoms with Gasteiger partial charge in [-0.25, -0.2) is 0 Å². The largest absolute Gasteiger partial charge is 0.508 e. The maximum absolute atomic E-state index is 10.2. The molecule has 1 saturated heterocycles. The van der Waals surface area contributed by atoms with Crippen LogP contribution in [0.25, 0.3) is 10.8 Å². The molecule has 0 bridgehead atoms. The number of phenols is 1. The SMILES string of the molecule is CC1CC(NCc2c(O)ccc3ccccc23)CCN1C. The summed E-state index contributed by atoms with van der Waals surface area (Å²) in [6.07, 6.45) is 2.34. The quantitative estimate of drug-likeness (QED) is 0.909. The van der Waals surface area contributed by atoms with Crippen LogP contribution < -0.4 is 5.32 Å². The average Bonchev–Trinajstić information content (AvgIpc) is 2.50. The zero-order chi connectivity index (χ0) is 14.8. The second kappa shape index (κ2) is 6.04. The third-order valence-corrected chi connectivity index (χ3v) is 4.79. The van der Waals surface area contributed by atoms with Crippen LogP contribution in [0.1, 0.15) is 25.3 Å². The molecule has 2 atom stereocenters. The van der Waals surface area contributed by atoms with Gasteiger partial charge in [0.1, 0.15) is 5.75 Å². The Balaban J connectivity index is 1.75. The molecule has 2 unspecified atom stereocenters. The van der Waals surface area contributed by atoms with Crippen molar-refractivity contribution in [3.8, 4) is 5.75 Å². The van der Waals surface area contributed by atoms with E-state index in [9.17, 15) is 5.11 Å². The summed E-state index contributed by atoms with van der Waals surface area (Å²) < 4.78 is 0. The fourth-order valence-corrected chi connectivity index (χ4v) is 3.23. The highest BCUT2D eigenvalue weighted by molar-refractivity contribution is 5.87. The van der Waals surface area contributed by atoms with E-state index < -0.39 is 0 Å². The van der Waals surface area contributed by atoms with Crippen molar-refractivity contribution in [3.05, 3.63) is 42.0 Å². The average molecular weight is 284 g/mol. The number of phenolic OH excluding ortho intramolecular Hbond substituents is 1. The van der Waals surface area contributed by atoms with Crippen LogP contribution in [0.2, 0.25) is 0 Å². The Bertz CT molecular complexity index is 626. The minimum absolute atomic E-state index is 0.391. The molecular weight excluding hydrogens is 260 g/mol. The highest BCUT2D eigenvalue weighted by Crippen LogP contribution is 2.27. The number of hydrogen-bond donors (Lipinski definition) is 2. The van der Waals surface area contributed by atoms with Gasteiger partial charge in [0.25, 0.3) is 0 Å². The Morgan fingerprint density at radius 1 is 1.24 bits per heavy atom. The Morgan fingerprint density at radius 2 is 2.05 bits per heavy atom. The molecule has 1 aliphatic heterocycles. The van der Waals surface area contributed by atoms with Gasteiger partial charge in [-0.1, -0.05) is 30.3 Å². The van der Waals surface area contributed by atoms with E-state index in [1.54, 1.807) is 6.07 Å². The predicted molar refractivity (Wildman–Crippen MR) is 87.6 cm³/mol. The summed E-state index contributed by atoms with van der Waals surface area (Å²) in [7, 11) is 2.19. The van der Waals surface area contributed by atoms with Crippen LogP contribution in [0.15, 0.2) is 36.4 Å². The Labute approximate surface area is 126 Å². The van der Waals surface area contributed by atoms with Crippen molar-refractivity contribution in [1.82, 2.24) is 10.2 Å². The molecule has 2 aromatic carbocycles. The van der Waals surface area contributed by atoms with E-state index in [2.05, 4.69) is 36.3 Å². The molecule has 0 radical (unpaired) electrons. The molecule has 1 fully saturated rings. The maximum atomic E-state index is 10.2. The molecule has 0 aliphatic carbocycles. The predicted octanol–water partition coefficient (Wildman–Crippen LogP) is 3.12. The lowest BCUT2D eigenvalue weighted by Crippen LogP contribution is -2.45. The number of likely N-dealkylation sites (tertiary alicyclic amines) is 1. The van der Waals surface area contributed by atoms with Crippen molar-refractivity contribution in [2.45, 2.75) is 38.4 Å². The van der Waals surface area contributed by atoms with Gasteiger partial charge in [0.05, 0.1) is 0 Å². The molecule has 3 rings (SSSR count). The number of rotatable bonds is 3. The van der Waals surface area contributed by atoms with E-state index in [4.69, 9.17) is 0 Å². The van der Waals surface area contributed by atoms with Crippen LogP contribution in [-0.4, -0.2) is 35.7 Å². The first-order chi connectivity index (χ1) is 10.1. The Hall–Kier alpha value is -1.58. The highest BCUT2D eigenvalue weighted by atomic mass is 16.3. The molecule has 3 heteroatoms. The number of nitrogens with one attached hydrogen (secondary N) is 1. The van der Waals surface area contributed by atoms with Crippen LogP contribution in [-0.2, 0) is 6.54 Å². The molecule has 2 N–H and O–H groups in total. The van der Waals surface area contributed by atoms with Crippen molar-refractivity contribution in [1.29, 1.82) is 0 Å². The monoisotopic (exact) mass is 284 g/mol. The van der Waals surface area contributed by atoms with Crippen LogP contribution in [0.5, 0.6) is 5.75 Å². The van der Waals surface area contributed by atoms with E-state index in [1.165, 1.54) is 18.2 Å². The molecule has 3 nitrogen and oxygen atoms in total. The fourth-order valence-electron chi connectivity index (χ4n) is 3.23. The van der Waals surface area contributed by atoms with Gasteiger partial charge in [-0.05, 0) is 50.2 Å². The third kappa shape index (κ3) is 3.04. The normalized spacial score (nSPS) is 23.5. The van der Waals surface area contributed by atoms with E-state index >= 15 is 0 Å². The first-order valence-corrected chi connectivity index (χ1v) is 7.78. The van der Waals surface area contributed by atoms with Crippen molar-refractivity contribution in [2.75, 3.05) is 13.6 Å². The lowest BCUT2D eigenvalue weighted by atomic mass is 9.98. The first-order valence-electron chi connectivity index (χ1n) is 7.78. The van der Waals surface area contributed by atoms with Gasteiger partial charge < -0.3 is 15.3 Å². The standard InChI is InChI=1S/C18H24N2O/c1-13-11-15(9-10-20(13)2)19-12-17-16-6-4-3-5-14(16)7-8-18(17)21/h3-8,13,15,19,21H,9-12H2,1-2H3. The van der Waals surface area contributed by atoms with Crippen molar-refractivity contribution >= 4 is 10.8 Å². The Morgan fingerprint density at radius 3 is 2.86 bits per heavy atom. The second-order valence-corrected chi connectivity index (χ2v) is 6.22. The zero-order valence-corrected chi connectivity index (χ0v) is 12.8. The highest BCUT2D eigenvalue weighted by Gasteiger charge is 2.22. The zero-order valence-electron chi connectivity index (χ0n) is 12.8. The van der Waals surface area contributed by atoms with Gasteiger partial charge >= 0.3 is 0 Å². The van der Waals surface area contributed by atoms with E-state index in [0.717, 1.165) is 24.0 Å². The number of nitrogens with zero attached hydrogens (tertiary/aromatic N) is 1. The van der Waals surface area contributed by atoms with Crippen LogP contribution in [0, 0.1) is 0 Å². The molecule has 112 valence electrons. The van der Waals surface area contributed by atoms with E-state index in [0.29, 0.717) is 17.8 Å². The maximum Gasteiger partial charge on any atom is 0.120 e. The molecule has 0 saturated carbocycles. The van der Waals surface area contributed by atoms with E-state index in [1.807, 2.05) is 18.2 Å². The number of hydrogen-bond acceptors (Lipinski definition) is 3. The summed E-state index contributed by atoms with van der Waals surface area (Å²) >= 11 is 0. The van der Waals surface area contributed by atoms with Gasteiger partial charge in [-0.2, -0.15) is 0 Å². The van der Waals surface area contributed by atoms with Gasteiger partial charge in [0.15, 0.2) is 0 Å².